The van der Waals surface area contributed by atoms with Gasteiger partial charge in [-0.05, 0) is 32.3 Å². The van der Waals surface area contributed by atoms with Gasteiger partial charge in [-0.15, -0.1) is 0 Å². The predicted octanol–water partition coefficient (Wildman–Crippen LogP) is 1.78. The fraction of sp³-hybridized carbons (Fsp3) is 0.600. The number of rotatable bonds is 2. The SMILES string of the molecule is COC1=CCCCC(N(C)N)=C1C. The van der Waals surface area contributed by atoms with Crippen LogP contribution in [0, 0.1) is 0 Å². The number of nitrogens with zero attached hydrogens (tertiary/aromatic N) is 1. The van der Waals surface area contributed by atoms with Gasteiger partial charge in [-0.25, -0.2) is 5.84 Å². The first-order valence-corrected chi connectivity index (χ1v) is 4.59. The van der Waals surface area contributed by atoms with E-state index in [2.05, 4.69) is 13.0 Å². The van der Waals surface area contributed by atoms with Crippen molar-refractivity contribution in [3.05, 3.63) is 23.1 Å². The van der Waals surface area contributed by atoms with Crippen LogP contribution in [-0.2, 0) is 4.74 Å². The van der Waals surface area contributed by atoms with Crippen molar-refractivity contribution in [2.45, 2.75) is 26.2 Å². The lowest BCUT2D eigenvalue weighted by atomic mass is 10.1. The van der Waals surface area contributed by atoms with E-state index in [1.54, 1.807) is 12.1 Å². The Balaban J connectivity index is 2.96. The van der Waals surface area contributed by atoms with E-state index in [0.29, 0.717) is 0 Å². The summed E-state index contributed by atoms with van der Waals surface area (Å²) < 4.78 is 5.28. The first kappa shape index (κ1) is 10.1. The van der Waals surface area contributed by atoms with Crippen molar-refractivity contribution in [2.24, 2.45) is 5.84 Å². The molecule has 3 heteroatoms. The van der Waals surface area contributed by atoms with Crippen LogP contribution in [0.2, 0.25) is 0 Å². The van der Waals surface area contributed by atoms with Crippen LogP contribution in [0.15, 0.2) is 23.1 Å². The summed E-state index contributed by atoms with van der Waals surface area (Å²) in [5.74, 6) is 6.70. The highest BCUT2D eigenvalue weighted by molar-refractivity contribution is 5.30. The molecule has 3 nitrogen and oxygen atoms in total. The third kappa shape index (κ3) is 2.25. The molecule has 2 N–H and O–H groups in total. The third-order valence-corrected chi connectivity index (χ3v) is 2.40. The number of hydrogen-bond donors (Lipinski definition) is 1. The molecule has 1 aliphatic carbocycles. The van der Waals surface area contributed by atoms with Crippen molar-refractivity contribution in [1.29, 1.82) is 0 Å². The highest BCUT2D eigenvalue weighted by Crippen LogP contribution is 2.24. The van der Waals surface area contributed by atoms with Gasteiger partial charge in [0, 0.05) is 18.3 Å². The number of allylic oxidation sites excluding steroid dienone is 3. The second kappa shape index (κ2) is 4.33. The second-order valence-electron chi connectivity index (χ2n) is 3.35. The Morgan fingerprint density at radius 2 is 2.23 bits per heavy atom. The van der Waals surface area contributed by atoms with Crippen molar-refractivity contribution in [3.8, 4) is 0 Å². The molecule has 0 atom stereocenters. The van der Waals surface area contributed by atoms with Crippen LogP contribution in [-0.4, -0.2) is 19.2 Å². The van der Waals surface area contributed by atoms with Crippen molar-refractivity contribution < 1.29 is 4.74 Å². The number of methoxy groups -OCH3 is 1. The van der Waals surface area contributed by atoms with Crippen molar-refractivity contribution in [1.82, 2.24) is 5.01 Å². The molecule has 0 heterocycles. The molecule has 0 aromatic carbocycles. The lowest BCUT2D eigenvalue weighted by Crippen LogP contribution is -2.26. The normalized spacial score (nSPS) is 18.0. The van der Waals surface area contributed by atoms with Gasteiger partial charge in [-0.1, -0.05) is 0 Å². The van der Waals surface area contributed by atoms with Crippen molar-refractivity contribution in [3.63, 3.8) is 0 Å². The molecule has 0 bridgehead atoms. The van der Waals surface area contributed by atoms with Gasteiger partial charge in [0.05, 0.1) is 7.11 Å². The molecule has 0 aromatic heterocycles. The monoisotopic (exact) mass is 182 g/mol. The van der Waals surface area contributed by atoms with Crippen LogP contribution in [0.5, 0.6) is 0 Å². The predicted molar refractivity (Wildman–Crippen MR) is 53.6 cm³/mol. The largest absolute Gasteiger partial charge is 0.497 e. The minimum Gasteiger partial charge on any atom is -0.497 e. The molecule has 0 saturated heterocycles. The van der Waals surface area contributed by atoms with Crippen LogP contribution in [0.1, 0.15) is 26.2 Å². The fourth-order valence-electron chi connectivity index (χ4n) is 1.66. The summed E-state index contributed by atoms with van der Waals surface area (Å²) in [5, 5.41) is 1.69. The van der Waals surface area contributed by atoms with Crippen LogP contribution in [0.4, 0.5) is 0 Å². The second-order valence-corrected chi connectivity index (χ2v) is 3.35. The zero-order chi connectivity index (χ0) is 9.84. The maximum absolute atomic E-state index is 5.74. The number of nitrogens with two attached hydrogens (primary N) is 1. The Hall–Kier alpha value is -0.960. The topological polar surface area (TPSA) is 38.5 Å². The lowest BCUT2D eigenvalue weighted by molar-refractivity contribution is 0.295. The van der Waals surface area contributed by atoms with Crippen molar-refractivity contribution in [2.75, 3.05) is 14.2 Å². The quantitative estimate of drug-likeness (QED) is 0.522. The molecule has 74 valence electrons. The van der Waals surface area contributed by atoms with E-state index in [0.717, 1.165) is 30.6 Å². The summed E-state index contributed by atoms with van der Waals surface area (Å²) in [4.78, 5) is 0. The van der Waals surface area contributed by atoms with E-state index in [4.69, 9.17) is 10.6 Å². The molecule has 0 aromatic rings. The first-order valence-electron chi connectivity index (χ1n) is 4.59. The van der Waals surface area contributed by atoms with Gasteiger partial charge in [-0.3, -0.25) is 0 Å². The average molecular weight is 182 g/mol. The average Bonchev–Trinajstić information content (AvgIpc) is 2.26. The van der Waals surface area contributed by atoms with Gasteiger partial charge in [0.15, 0.2) is 0 Å². The summed E-state index contributed by atoms with van der Waals surface area (Å²) in [6.07, 6.45) is 5.37. The number of hydrazine groups is 1. The highest BCUT2D eigenvalue weighted by atomic mass is 16.5. The maximum Gasteiger partial charge on any atom is 0.119 e. The minimum absolute atomic E-state index is 0.963. The van der Waals surface area contributed by atoms with E-state index >= 15 is 0 Å². The van der Waals surface area contributed by atoms with Gasteiger partial charge in [0.2, 0.25) is 0 Å². The molecule has 13 heavy (non-hydrogen) atoms. The van der Waals surface area contributed by atoms with Gasteiger partial charge < -0.3 is 9.75 Å². The van der Waals surface area contributed by atoms with Gasteiger partial charge >= 0.3 is 0 Å². The van der Waals surface area contributed by atoms with Crippen molar-refractivity contribution >= 4 is 0 Å². The van der Waals surface area contributed by atoms with Crippen LogP contribution in [0.25, 0.3) is 0 Å². The molecule has 0 spiro atoms. The van der Waals surface area contributed by atoms with E-state index in [-0.39, 0.29) is 0 Å². The van der Waals surface area contributed by atoms with E-state index < -0.39 is 0 Å². The molecular formula is C10H18N2O. The summed E-state index contributed by atoms with van der Waals surface area (Å²) in [7, 11) is 3.58. The van der Waals surface area contributed by atoms with Gasteiger partial charge in [0.1, 0.15) is 5.76 Å². The number of ether oxygens (including phenoxy) is 1. The van der Waals surface area contributed by atoms with Gasteiger partial charge in [-0.2, -0.15) is 0 Å². The molecule has 0 unspecified atom stereocenters. The van der Waals surface area contributed by atoms with Crippen LogP contribution in [0.3, 0.4) is 0 Å². The number of hydrogen-bond acceptors (Lipinski definition) is 3. The molecule has 0 saturated carbocycles. The zero-order valence-corrected chi connectivity index (χ0v) is 8.63. The van der Waals surface area contributed by atoms with Gasteiger partial charge in [0.25, 0.3) is 0 Å². The van der Waals surface area contributed by atoms with Crippen LogP contribution < -0.4 is 5.84 Å². The molecule has 1 aliphatic rings. The minimum atomic E-state index is 0.963. The summed E-state index contributed by atoms with van der Waals surface area (Å²) in [6, 6.07) is 0. The molecule has 0 radical (unpaired) electrons. The fourth-order valence-corrected chi connectivity index (χ4v) is 1.66. The summed E-state index contributed by atoms with van der Waals surface area (Å²) in [6.45, 7) is 2.05. The Labute approximate surface area is 79.8 Å². The molecule has 1 rings (SSSR count). The zero-order valence-electron chi connectivity index (χ0n) is 8.63. The Morgan fingerprint density at radius 1 is 1.54 bits per heavy atom. The third-order valence-electron chi connectivity index (χ3n) is 2.40. The molecule has 0 fully saturated rings. The Bertz CT molecular complexity index is 241. The van der Waals surface area contributed by atoms with E-state index in [1.807, 2.05) is 7.05 Å². The summed E-state index contributed by atoms with van der Waals surface area (Å²) in [5.41, 5.74) is 2.33. The van der Waals surface area contributed by atoms with E-state index in [1.165, 1.54) is 5.70 Å². The molecule has 0 amide bonds. The lowest BCUT2D eigenvalue weighted by Gasteiger charge is -2.19. The Kier molecular flexibility index (Phi) is 3.37. The standard InChI is InChI=1S/C10H18N2O/c1-8-9(12(2)11)6-4-5-7-10(8)13-3/h7H,4-6,11H2,1-3H3. The van der Waals surface area contributed by atoms with Crippen LogP contribution >= 0.6 is 0 Å². The maximum atomic E-state index is 5.74. The van der Waals surface area contributed by atoms with E-state index in [9.17, 15) is 0 Å². The summed E-state index contributed by atoms with van der Waals surface area (Å²) >= 11 is 0. The first-order chi connectivity index (χ1) is 6.16. The molecular weight excluding hydrogens is 164 g/mol. The molecule has 0 aliphatic heterocycles. The highest BCUT2D eigenvalue weighted by Gasteiger charge is 2.12. The Morgan fingerprint density at radius 3 is 2.77 bits per heavy atom. The smallest absolute Gasteiger partial charge is 0.119 e.